The highest BCUT2D eigenvalue weighted by molar-refractivity contribution is 6.02. The van der Waals surface area contributed by atoms with E-state index in [1.54, 1.807) is 0 Å². The first kappa shape index (κ1) is 25.3. The fourth-order valence-electron chi connectivity index (χ4n) is 4.25. The Morgan fingerprint density at radius 3 is 2.53 bits per heavy atom. The Morgan fingerprint density at radius 2 is 1.92 bits per heavy atom. The first-order valence-electron chi connectivity index (χ1n) is 10.7. The number of nitrogens with one attached hydrogen (secondary N) is 1. The molecule has 1 aromatic heterocycles. The zero-order valence-electron chi connectivity index (χ0n) is 18.6. The number of nitrogens with zero attached hydrogens (tertiary/aromatic N) is 4. The minimum atomic E-state index is -5.24. The highest BCUT2D eigenvalue weighted by atomic mass is 19.4. The van der Waals surface area contributed by atoms with Crippen LogP contribution in [0, 0.1) is 5.82 Å². The summed E-state index contributed by atoms with van der Waals surface area (Å²) < 4.78 is 86.1. The summed E-state index contributed by atoms with van der Waals surface area (Å²) in [6.07, 6.45) is -1.53. The molecule has 194 valence electrons. The molecule has 1 amide bonds. The number of ether oxygens (including phenoxy) is 1. The summed E-state index contributed by atoms with van der Waals surface area (Å²) in [5.74, 6) is -9.97. The van der Waals surface area contributed by atoms with E-state index < -0.39 is 59.5 Å². The fourth-order valence-corrected chi connectivity index (χ4v) is 4.25. The Hall–Kier alpha value is -3.78. The lowest BCUT2D eigenvalue weighted by molar-refractivity contribution is -0.274. The number of carboxylic acid groups (broad SMARTS) is 1. The van der Waals surface area contributed by atoms with Crippen molar-refractivity contribution in [2.45, 2.75) is 44.0 Å². The van der Waals surface area contributed by atoms with E-state index in [0.29, 0.717) is 29.9 Å². The summed E-state index contributed by atoms with van der Waals surface area (Å²) in [5.41, 5.74) is -1.78. The lowest BCUT2D eigenvalue weighted by Gasteiger charge is -2.31. The first-order valence-corrected chi connectivity index (χ1v) is 10.7. The topological polar surface area (TPSA) is 108 Å². The molecular formula is C21H19F6N5O4. The number of halogens is 6. The van der Waals surface area contributed by atoms with E-state index in [0.717, 1.165) is 26.1 Å². The molecule has 1 aliphatic heterocycles. The van der Waals surface area contributed by atoms with Crippen molar-refractivity contribution in [1.82, 2.24) is 9.97 Å². The molecule has 9 nitrogen and oxygen atoms in total. The van der Waals surface area contributed by atoms with Crippen molar-refractivity contribution in [3.8, 4) is 5.75 Å². The highest BCUT2D eigenvalue weighted by Gasteiger charge is 2.48. The molecule has 0 radical (unpaired) electrons. The van der Waals surface area contributed by atoms with Crippen molar-refractivity contribution < 1.29 is 45.8 Å². The molecule has 2 heterocycles. The van der Waals surface area contributed by atoms with Crippen LogP contribution < -0.4 is 19.9 Å². The minimum Gasteiger partial charge on any atom is -0.478 e. The van der Waals surface area contributed by atoms with Crippen LogP contribution in [0.15, 0.2) is 18.3 Å². The van der Waals surface area contributed by atoms with Gasteiger partial charge >= 0.3 is 18.3 Å². The van der Waals surface area contributed by atoms with Crippen molar-refractivity contribution in [3.63, 3.8) is 0 Å². The van der Waals surface area contributed by atoms with Gasteiger partial charge in [-0.25, -0.2) is 14.2 Å². The zero-order chi connectivity index (χ0) is 26.4. The van der Waals surface area contributed by atoms with Crippen LogP contribution in [-0.4, -0.2) is 58.9 Å². The SMILES string of the molecule is CN1C(=O)C(F)(F)CN(C2CCCC2)c2nc(Nc3cc(F)c(C(=O)O)cc3OC(F)(F)F)ncc21. The van der Waals surface area contributed by atoms with Crippen LogP contribution in [0.1, 0.15) is 36.0 Å². The van der Waals surface area contributed by atoms with Gasteiger partial charge in [0.2, 0.25) is 5.95 Å². The van der Waals surface area contributed by atoms with Crippen LogP contribution in [0.3, 0.4) is 0 Å². The van der Waals surface area contributed by atoms with Gasteiger partial charge in [0.05, 0.1) is 24.0 Å². The van der Waals surface area contributed by atoms with E-state index in [-0.39, 0.29) is 17.5 Å². The molecule has 1 fully saturated rings. The quantitative estimate of drug-likeness (QED) is 0.563. The number of rotatable bonds is 5. The van der Waals surface area contributed by atoms with Gasteiger partial charge in [0.1, 0.15) is 11.5 Å². The molecule has 36 heavy (non-hydrogen) atoms. The molecule has 2 N–H and O–H groups in total. The van der Waals surface area contributed by atoms with Gasteiger partial charge < -0.3 is 25.0 Å². The Labute approximate surface area is 199 Å². The van der Waals surface area contributed by atoms with E-state index in [4.69, 9.17) is 5.11 Å². The van der Waals surface area contributed by atoms with Crippen molar-refractivity contribution in [2.24, 2.45) is 0 Å². The first-order chi connectivity index (χ1) is 16.8. The Balaban J connectivity index is 1.78. The number of fused-ring (bicyclic) bond motifs is 1. The van der Waals surface area contributed by atoms with Gasteiger partial charge in [-0.3, -0.25) is 4.79 Å². The standard InChI is InChI=1S/C21H19F6N5O4/c1-31-14-8-28-19(29-13-7-12(22)11(17(33)34)6-15(13)36-21(25,26)27)30-16(14)32(10-4-2-3-5-10)9-20(23,24)18(31)35/h6-8,10H,2-5,9H2,1H3,(H,33,34)(H,28,29,30). The Morgan fingerprint density at radius 1 is 1.25 bits per heavy atom. The smallest absolute Gasteiger partial charge is 0.478 e. The van der Waals surface area contributed by atoms with Crippen LogP contribution in [0.5, 0.6) is 5.75 Å². The molecule has 0 unspecified atom stereocenters. The highest BCUT2D eigenvalue weighted by Crippen LogP contribution is 2.40. The van der Waals surface area contributed by atoms with Crippen molar-refractivity contribution in [2.75, 3.05) is 28.7 Å². The largest absolute Gasteiger partial charge is 0.573 e. The van der Waals surface area contributed by atoms with E-state index >= 15 is 0 Å². The van der Waals surface area contributed by atoms with Crippen LogP contribution in [0.2, 0.25) is 0 Å². The summed E-state index contributed by atoms with van der Waals surface area (Å²) >= 11 is 0. The summed E-state index contributed by atoms with van der Waals surface area (Å²) in [6.45, 7) is -0.964. The number of anilines is 4. The van der Waals surface area contributed by atoms with E-state index in [9.17, 15) is 35.9 Å². The van der Waals surface area contributed by atoms with Crippen LogP contribution >= 0.6 is 0 Å². The zero-order valence-corrected chi connectivity index (χ0v) is 18.6. The Bertz CT molecular complexity index is 1200. The summed E-state index contributed by atoms with van der Waals surface area (Å²) in [7, 11) is 1.12. The maximum absolute atomic E-state index is 14.7. The summed E-state index contributed by atoms with van der Waals surface area (Å²) in [6, 6.07) is 0.431. The second kappa shape index (κ2) is 9.02. The normalized spacial score (nSPS) is 18.1. The number of hydrogen-bond donors (Lipinski definition) is 2. The van der Waals surface area contributed by atoms with E-state index in [1.807, 2.05) is 0 Å². The average Bonchev–Trinajstić information content (AvgIpc) is 3.29. The second-order valence-corrected chi connectivity index (χ2v) is 8.34. The monoisotopic (exact) mass is 519 g/mol. The van der Waals surface area contributed by atoms with Gasteiger partial charge in [-0.2, -0.15) is 13.8 Å². The lowest BCUT2D eigenvalue weighted by Crippen LogP contribution is -2.48. The third-order valence-electron chi connectivity index (χ3n) is 5.91. The molecule has 1 saturated carbocycles. The number of benzene rings is 1. The predicted octanol–water partition coefficient (Wildman–Crippen LogP) is 4.32. The number of hydrogen-bond acceptors (Lipinski definition) is 7. The van der Waals surface area contributed by atoms with E-state index in [1.165, 1.54) is 4.90 Å². The fraction of sp³-hybridized carbons (Fsp3) is 0.429. The maximum Gasteiger partial charge on any atom is 0.573 e. The summed E-state index contributed by atoms with van der Waals surface area (Å²) in [5, 5.41) is 11.4. The molecule has 0 spiro atoms. The number of alkyl halides is 5. The number of carbonyl (C=O) groups excluding carboxylic acids is 1. The molecular weight excluding hydrogens is 500 g/mol. The maximum atomic E-state index is 14.7. The molecule has 1 aromatic carbocycles. The van der Waals surface area contributed by atoms with Gasteiger partial charge in [0.15, 0.2) is 11.6 Å². The predicted molar refractivity (Wildman–Crippen MR) is 113 cm³/mol. The Kier molecular flexibility index (Phi) is 6.34. The molecule has 2 aromatic rings. The molecule has 0 saturated heterocycles. The van der Waals surface area contributed by atoms with E-state index in [2.05, 4.69) is 20.0 Å². The third kappa shape index (κ3) is 4.95. The third-order valence-corrected chi connectivity index (χ3v) is 5.91. The second-order valence-electron chi connectivity index (χ2n) is 8.34. The van der Waals surface area contributed by atoms with Gasteiger partial charge in [-0.1, -0.05) is 12.8 Å². The van der Waals surface area contributed by atoms with Crippen LogP contribution in [0.25, 0.3) is 0 Å². The molecule has 1 aliphatic carbocycles. The molecule has 15 heteroatoms. The lowest BCUT2D eigenvalue weighted by atomic mass is 10.1. The number of carboxylic acids is 1. The molecule has 2 aliphatic rings. The van der Waals surface area contributed by atoms with Crippen molar-refractivity contribution in [3.05, 3.63) is 29.7 Å². The van der Waals surface area contributed by atoms with Gasteiger partial charge in [-0.15, -0.1) is 13.2 Å². The molecule has 0 atom stereocenters. The minimum absolute atomic E-state index is 0.0474. The van der Waals surface area contributed by atoms with Crippen LogP contribution in [0.4, 0.5) is 49.5 Å². The number of carbonyl (C=O) groups is 2. The van der Waals surface area contributed by atoms with Gasteiger partial charge in [0.25, 0.3) is 5.91 Å². The number of amides is 1. The average molecular weight is 519 g/mol. The van der Waals surface area contributed by atoms with Crippen molar-refractivity contribution >= 4 is 35.0 Å². The molecule has 4 rings (SSSR count). The van der Waals surface area contributed by atoms with Crippen LogP contribution in [-0.2, 0) is 4.79 Å². The number of aromatic carboxylic acids is 1. The number of aromatic nitrogens is 2. The van der Waals surface area contributed by atoms with Crippen molar-refractivity contribution in [1.29, 1.82) is 0 Å². The molecule has 0 bridgehead atoms. The van der Waals surface area contributed by atoms with Gasteiger partial charge in [0, 0.05) is 25.2 Å². The summed E-state index contributed by atoms with van der Waals surface area (Å²) in [4.78, 5) is 33.5. The van der Waals surface area contributed by atoms with Gasteiger partial charge in [-0.05, 0) is 12.8 Å².